The van der Waals surface area contributed by atoms with E-state index in [0.29, 0.717) is 0 Å². The van der Waals surface area contributed by atoms with Crippen molar-refractivity contribution in [2.45, 2.75) is 6.92 Å². The Bertz CT molecular complexity index is 115. The van der Waals surface area contributed by atoms with Crippen molar-refractivity contribution in [3.63, 3.8) is 0 Å². The van der Waals surface area contributed by atoms with E-state index in [1.807, 2.05) is 18.6 Å². The summed E-state index contributed by atoms with van der Waals surface area (Å²) < 4.78 is 0. The van der Waals surface area contributed by atoms with E-state index in [4.69, 9.17) is 0 Å². The monoisotopic (exact) mass is 110 g/mol. The van der Waals surface area contributed by atoms with Crippen molar-refractivity contribution in [1.82, 2.24) is 4.98 Å². The van der Waals surface area contributed by atoms with E-state index >= 15 is 0 Å². The van der Waals surface area contributed by atoms with Crippen LogP contribution in [0, 0.1) is 6.92 Å². The van der Waals surface area contributed by atoms with Crippen molar-refractivity contribution in [3.05, 3.63) is 16.6 Å². The van der Waals surface area contributed by atoms with Gasteiger partial charge in [-0.2, -0.15) is 0 Å². The van der Waals surface area contributed by atoms with Crippen LogP contribution in [0.1, 0.15) is 4.88 Å². The van der Waals surface area contributed by atoms with Crippen LogP contribution in [0.15, 0.2) is 11.7 Å². The number of hydrogen-bond acceptors (Lipinski definition) is 2. The van der Waals surface area contributed by atoms with Gasteiger partial charge in [0.2, 0.25) is 0 Å². The van der Waals surface area contributed by atoms with Crippen LogP contribution in [0.4, 0.5) is 0 Å². The van der Waals surface area contributed by atoms with Crippen LogP contribution in [0.2, 0.25) is 0 Å². The Morgan fingerprint density at radius 2 is 2.43 bits per heavy atom. The van der Waals surface area contributed by atoms with Gasteiger partial charge in [0, 0.05) is 19.5 Å². The summed E-state index contributed by atoms with van der Waals surface area (Å²) in [6, 6.07) is 0. The van der Waals surface area contributed by atoms with Gasteiger partial charge in [0.05, 0.1) is 5.51 Å². The first-order valence-corrected chi connectivity index (χ1v) is 2.62. The van der Waals surface area contributed by atoms with Gasteiger partial charge in [-0.15, -0.1) is 11.3 Å². The van der Waals surface area contributed by atoms with E-state index in [0.717, 1.165) is 0 Å². The molecular weight excluding hydrogens is 105 g/mol. The summed E-state index contributed by atoms with van der Waals surface area (Å²) >= 11 is 1.67. The third-order valence-electron chi connectivity index (χ3n) is 0.556. The fourth-order valence-corrected chi connectivity index (χ4v) is 0.689. The van der Waals surface area contributed by atoms with Gasteiger partial charge in [-0.25, -0.2) is 0 Å². The predicted octanol–water partition coefficient (Wildman–Crippen LogP) is 1.07. The van der Waals surface area contributed by atoms with Crippen LogP contribution < -0.4 is 0 Å². The minimum Gasteiger partial charge on any atom is -0.253 e. The Hall–Kier alpha value is -0.305. The molecule has 0 fully saturated rings. The molecule has 0 atom stereocenters. The van der Waals surface area contributed by atoms with Crippen molar-refractivity contribution in [1.29, 1.82) is 0 Å². The van der Waals surface area contributed by atoms with Crippen LogP contribution in [0.25, 0.3) is 0 Å². The van der Waals surface area contributed by atoms with Crippen LogP contribution in [0.5, 0.6) is 0 Å². The summed E-state index contributed by atoms with van der Waals surface area (Å²) in [4.78, 5) is 5.11. The topological polar surface area (TPSA) is 12.9 Å². The number of aromatic nitrogens is 1. The van der Waals surface area contributed by atoms with Crippen molar-refractivity contribution in [2.75, 3.05) is 0 Å². The van der Waals surface area contributed by atoms with Crippen molar-refractivity contribution >= 4 is 19.7 Å². The molecular formula is C4H5BNS. The summed E-state index contributed by atoms with van der Waals surface area (Å²) in [7, 11) is 0. The first-order valence-electron chi connectivity index (χ1n) is 1.74. The normalized spacial score (nSPS) is 7.57. The maximum absolute atomic E-state index is 3.84. The number of thiazole rings is 1. The zero-order chi connectivity index (χ0) is 4.41. The van der Waals surface area contributed by atoms with Gasteiger partial charge in [-0.3, -0.25) is 4.98 Å². The zero-order valence-electron chi connectivity index (χ0n) is 4.09. The molecule has 0 saturated heterocycles. The molecule has 0 spiro atoms. The van der Waals surface area contributed by atoms with Gasteiger partial charge in [0.25, 0.3) is 0 Å². The standard InChI is InChI=1S/C4H5NS.B/c1-4-2-5-3-6-4;/h2-3H,1H3;. The van der Waals surface area contributed by atoms with E-state index in [2.05, 4.69) is 4.98 Å². The molecule has 1 aromatic heterocycles. The Balaban J connectivity index is 0.000000360. The molecule has 1 rings (SSSR count). The largest absolute Gasteiger partial charge is 0.253 e. The molecule has 35 valence electrons. The SMILES string of the molecule is Cc1cncs1.[B]. The van der Waals surface area contributed by atoms with Crippen LogP contribution in [0.3, 0.4) is 0 Å². The average Bonchev–Trinajstić information content (AvgIpc) is 1.86. The molecule has 0 aliphatic heterocycles. The minimum absolute atomic E-state index is 0. The van der Waals surface area contributed by atoms with Crippen LogP contribution in [-0.4, -0.2) is 13.4 Å². The van der Waals surface area contributed by atoms with Crippen LogP contribution in [-0.2, 0) is 0 Å². The maximum atomic E-state index is 3.84. The van der Waals surface area contributed by atoms with E-state index in [9.17, 15) is 0 Å². The first kappa shape index (κ1) is 6.69. The summed E-state index contributed by atoms with van der Waals surface area (Å²) in [5, 5.41) is 0. The highest BCUT2D eigenvalue weighted by Crippen LogP contribution is 1.99. The lowest BCUT2D eigenvalue weighted by Gasteiger charge is -1.63. The highest BCUT2D eigenvalue weighted by Gasteiger charge is 1.76. The lowest BCUT2D eigenvalue weighted by Crippen LogP contribution is -1.48. The average molecular weight is 110 g/mol. The molecule has 3 heteroatoms. The molecule has 0 aromatic carbocycles. The minimum atomic E-state index is 0. The second-order valence-electron chi connectivity index (χ2n) is 1.11. The first-order chi connectivity index (χ1) is 2.89. The van der Waals surface area contributed by atoms with E-state index in [1.54, 1.807) is 11.3 Å². The molecule has 1 aromatic rings. The van der Waals surface area contributed by atoms with Gasteiger partial charge in [0.15, 0.2) is 0 Å². The van der Waals surface area contributed by atoms with Crippen LogP contribution >= 0.6 is 11.3 Å². The Labute approximate surface area is 49.0 Å². The molecule has 0 amide bonds. The number of hydrogen-bond donors (Lipinski definition) is 0. The number of nitrogens with zero attached hydrogens (tertiary/aromatic N) is 1. The molecule has 0 aliphatic rings. The molecule has 0 bridgehead atoms. The maximum Gasteiger partial charge on any atom is 0.0794 e. The molecule has 0 N–H and O–H groups in total. The molecule has 3 radical (unpaired) electrons. The van der Waals surface area contributed by atoms with E-state index in [1.165, 1.54) is 4.88 Å². The van der Waals surface area contributed by atoms with E-state index in [-0.39, 0.29) is 8.41 Å². The summed E-state index contributed by atoms with van der Waals surface area (Å²) in [5.41, 5.74) is 1.83. The summed E-state index contributed by atoms with van der Waals surface area (Å²) in [6.07, 6.45) is 1.85. The molecule has 0 aliphatic carbocycles. The van der Waals surface area contributed by atoms with Crippen molar-refractivity contribution in [2.24, 2.45) is 0 Å². The highest BCUT2D eigenvalue weighted by atomic mass is 32.1. The Kier molecular flexibility index (Phi) is 2.68. The van der Waals surface area contributed by atoms with Gasteiger partial charge in [0.1, 0.15) is 0 Å². The lowest BCUT2D eigenvalue weighted by molar-refractivity contribution is 1.39. The molecule has 0 unspecified atom stereocenters. The second-order valence-corrected chi connectivity index (χ2v) is 2.20. The smallest absolute Gasteiger partial charge is 0.0794 e. The lowest BCUT2D eigenvalue weighted by atomic mass is 10.7. The summed E-state index contributed by atoms with van der Waals surface area (Å²) in [6.45, 7) is 2.04. The Morgan fingerprint density at radius 1 is 1.71 bits per heavy atom. The Morgan fingerprint density at radius 3 is 2.57 bits per heavy atom. The number of aryl methyl sites for hydroxylation is 1. The molecule has 1 heterocycles. The van der Waals surface area contributed by atoms with Crippen molar-refractivity contribution < 1.29 is 0 Å². The van der Waals surface area contributed by atoms with Crippen molar-refractivity contribution in [3.8, 4) is 0 Å². The fourth-order valence-electron chi connectivity index (χ4n) is 0.279. The predicted molar refractivity (Wildman–Crippen MR) is 32.6 cm³/mol. The summed E-state index contributed by atoms with van der Waals surface area (Å²) in [5.74, 6) is 0. The molecule has 7 heavy (non-hydrogen) atoms. The van der Waals surface area contributed by atoms with Gasteiger partial charge < -0.3 is 0 Å². The third kappa shape index (κ3) is 1.73. The second kappa shape index (κ2) is 2.80. The quantitative estimate of drug-likeness (QED) is 0.455. The molecule has 1 nitrogen and oxygen atoms in total. The highest BCUT2D eigenvalue weighted by molar-refractivity contribution is 7.09. The number of rotatable bonds is 0. The van der Waals surface area contributed by atoms with E-state index < -0.39 is 0 Å². The zero-order valence-corrected chi connectivity index (χ0v) is 4.90. The molecule has 0 saturated carbocycles. The fraction of sp³-hybridized carbons (Fsp3) is 0.250. The van der Waals surface area contributed by atoms with Gasteiger partial charge >= 0.3 is 0 Å². The van der Waals surface area contributed by atoms with Gasteiger partial charge in [-0.05, 0) is 6.92 Å². The van der Waals surface area contributed by atoms with Gasteiger partial charge in [-0.1, -0.05) is 0 Å². The third-order valence-corrected chi connectivity index (χ3v) is 1.26.